The first-order chi connectivity index (χ1) is 11.4. The number of benzene rings is 1. The van der Waals surface area contributed by atoms with Crippen LogP contribution in [0.4, 0.5) is 0 Å². The van der Waals surface area contributed by atoms with Crippen molar-refractivity contribution in [3.05, 3.63) is 29.8 Å². The van der Waals surface area contributed by atoms with E-state index >= 15 is 0 Å². The normalized spacial score (nSPS) is 21.7. The fourth-order valence-electron chi connectivity index (χ4n) is 2.67. The van der Waals surface area contributed by atoms with E-state index in [1.807, 2.05) is 13.8 Å². The molecule has 1 aromatic carbocycles. The van der Waals surface area contributed by atoms with Crippen LogP contribution in [-0.2, 0) is 14.8 Å². The predicted molar refractivity (Wildman–Crippen MR) is 91.5 cm³/mol. The van der Waals surface area contributed by atoms with Gasteiger partial charge < -0.3 is 15.0 Å². The van der Waals surface area contributed by atoms with Gasteiger partial charge in [-0.2, -0.15) is 0 Å². The van der Waals surface area contributed by atoms with Gasteiger partial charge in [-0.1, -0.05) is 6.07 Å². The molecule has 8 heteroatoms. The quantitative estimate of drug-likeness (QED) is 0.723. The third-order valence-electron chi connectivity index (χ3n) is 4.28. The molecule has 1 saturated heterocycles. The molecule has 1 aliphatic heterocycles. The Kier molecular flexibility index (Phi) is 6.34. The lowest BCUT2D eigenvalue weighted by Crippen LogP contribution is -2.57. The van der Waals surface area contributed by atoms with Crippen LogP contribution in [0, 0.1) is 0 Å². The fraction of sp³-hybridized carbons (Fsp3) is 0.562. The van der Waals surface area contributed by atoms with Gasteiger partial charge in [-0.05, 0) is 32.0 Å². The van der Waals surface area contributed by atoms with Gasteiger partial charge in [0.25, 0.3) is 5.91 Å². The topological polar surface area (TPSA) is 87.7 Å². The summed E-state index contributed by atoms with van der Waals surface area (Å²) in [5.74, 6) is -0.148. The highest BCUT2D eigenvalue weighted by atomic mass is 32.2. The van der Waals surface area contributed by atoms with Gasteiger partial charge in [-0.3, -0.25) is 4.79 Å². The number of nitrogens with one attached hydrogen (secondary N) is 2. The number of methoxy groups -OCH3 is 1. The molecule has 0 aromatic heterocycles. The minimum atomic E-state index is -3.66. The highest BCUT2D eigenvalue weighted by molar-refractivity contribution is 7.89. The summed E-state index contributed by atoms with van der Waals surface area (Å²) in [6, 6.07) is 6.40. The summed E-state index contributed by atoms with van der Waals surface area (Å²) in [6.07, 6.45) is 0. The number of amides is 1. The molecule has 2 N–H and O–H groups in total. The van der Waals surface area contributed by atoms with E-state index in [0.717, 1.165) is 6.54 Å². The van der Waals surface area contributed by atoms with E-state index in [1.54, 1.807) is 17.0 Å². The molecular formula is C16H25N3O4S. The average Bonchev–Trinajstić information content (AvgIpc) is 2.57. The van der Waals surface area contributed by atoms with Crippen LogP contribution >= 0.6 is 0 Å². The lowest BCUT2D eigenvalue weighted by molar-refractivity contribution is 0.0602. The lowest BCUT2D eigenvalue weighted by atomic mass is 10.1. The summed E-state index contributed by atoms with van der Waals surface area (Å²) >= 11 is 0. The highest BCUT2D eigenvalue weighted by Crippen LogP contribution is 2.17. The average molecular weight is 355 g/mol. The first kappa shape index (κ1) is 18.9. The van der Waals surface area contributed by atoms with Crippen molar-refractivity contribution in [1.82, 2.24) is 14.9 Å². The van der Waals surface area contributed by atoms with Crippen LogP contribution in [0.15, 0.2) is 29.2 Å². The van der Waals surface area contributed by atoms with Gasteiger partial charge >= 0.3 is 0 Å². The summed E-state index contributed by atoms with van der Waals surface area (Å²) in [5, 5.41) is 3.32. The minimum absolute atomic E-state index is 0.0475. The van der Waals surface area contributed by atoms with Crippen LogP contribution in [0.25, 0.3) is 0 Å². The van der Waals surface area contributed by atoms with Gasteiger partial charge in [0, 0.05) is 44.4 Å². The molecule has 0 radical (unpaired) electrons. The first-order valence-electron chi connectivity index (χ1n) is 8.00. The van der Waals surface area contributed by atoms with Crippen LogP contribution < -0.4 is 10.0 Å². The van der Waals surface area contributed by atoms with Crippen molar-refractivity contribution < 1.29 is 17.9 Å². The molecule has 7 nitrogen and oxygen atoms in total. The zero-order valence-electron chi connectivity index (χ0n) is 14.3. The molecule has 0 spiro atoms. The lowest BCUT2D eigenvalue weighted by Gasteiger charge is -2.38. The van der Waals surface area contributed by atoms with E-state index in [9.17, 15) is 13.2 Å². The molecule has 0 saturated carbocycles. The Morgan fingerprint density at radius 2 is 2.17 bits per heavy atom. The Bertz CT molecular complexity index is 678. The van der Waals surface area contributed by atoms with E-state index in [1.165, 1.54) is 19.2 Å². The minimum Gasteiger partial charge on any atom is -0.383 e. The number of ether oxygens (including phenoxy) is 1. The standard InChI is InChI=1S/C16H25N3O4S/c1-12-13(2)19(9-7-17-12)16(20)14-5-4-6-15(11-14)24(21,22)18-8-10-23-3/h4-6,11-13,17-18H,7-10H2,1-3H3. The third-order valence-corrected chi connectivity index (χ3v) is 5.74. The van der Waals surface area contributed by atoms with Gasteiger partial charge in [-0.25, -0.2) is 13.1 Å². The Balaban J connectivity index is 2.19. The second kappa shape index (κ2) is 8.06. The smallest absolute Gasteiger partial charge is 0.254 e. The highest BCUT2D eigenvalue weighted by Gasteiger charge is 2.29. The Morgan fingerprint density at radius 1 is 1.42 bits per heavy atom. The molecule has 0 aliphatic carbocycles. The van der Waals surface area contributed by atoms with Crippen molar-refractivity contribution in [3.63, 3.8) is 0 Å². The van der Waals surface area contributed by atoms with Crippen LogP contribution in [0.5, 0.6) is 0 Å². The second-order valence-electron chi connectivity index (χ2n) is 5.90. The zero-order chi connectivity index (χ0) is 17.7. The molecule has 2 atom stereocenters. The summed E-state index contributed by atoms with van der Waals surface area (Å²) in [6.45, 7) is 5.82. The van der Waals surface area contributed by atoms with Crippen LogP contribution in [0.3, 0.4) is 0 Å². The SMILES string of the molecule is COCCNS(=O)(=O)c1cccc(C(=O)N2CCNC(C)C2C)c1. The van der Waals surface area contributed by atoms with Gasteiger partial charge in [0.15, 0.2) is 0 Å². The Morgan fingerprint density at radius 3 is 2.88 bits per heavy atom. The van der Waals surface area contributed by atoms with Crippen molar-refractivity contribution in [1.29, 1.82) is 0 Å². The predicted octanol–water partition coefficient (Wildman–Crippen LogP) is 0.434. The molecule has 0 bridgehead atoms. The number of hydrogen-bond donors (Lipinski definition) is 2. The number of sulfonamides is 1. The number of rotatable bonds is 6. The Labute approximate surface area is 143 Å². The van der Waals surface area contributed by atoms with E-state index in [-0.39, 0.29) is 36.0 Å². The second-order valence-corrected chi connectivity index (χ2v) is 7.67. The fourth-order valence-corrected chi connectivity index (χ4v) is 3.73. The van der Waals surface area contributed by atoms with Gasteiger partial charge in [0.1, 0.15) is 0 Å². The summed E-state index contributed by atoms with van der Waals surface area (Å²) in [5.41, 5.74) is 0.380. The maximum atomic E-state index is 12.8. The van der Waals surface area contributed by atoms with Gasteiger partial charge in [0.2, 0.25) is 10.0 Å². The largest absolute Gasteiger partial charge is 0.383 e. The van der Waals surface area contributed by atoms with Crippen molar-refractivity contribution in [2.24, 2.45) is 0 Å². The summed E-state index contributed by atoms with van der Waals surface area (Å²) in [4.78, 5) is 14.6. The molecule has 1 aromatic rings. The van der Waals surface area contributed by atoms with Crippen LogP contribution in [-0.4, -0.2) is 64.7 Å². The van der Waals surface area contributed by atoms with Crippen molar-refractivity contribution >= 4 is 15.9 Å². The molecule has 1 heterocycles. The molecule has 1 fully saturated rings. The molecule has 2 rings (SSSR count). The molecular weight excluding hydrogens is 330 g/mol. The van der Waals surface area contributed by atoms with Crippen molar-refractivity contribution in [2.75, 3.05) is 33.4 Å². The number of piperazine rings is 1. The summed E-state index contributed by atoms with van der Waals surface area (Å²) in [7, 11) is -2.15. The number of hydrogen-bond acceptors (Lipinski definition) is 5. The first-order valence-corrected chi connectivity index (χ1v) is 9.48. The monoisotopic (exact) mass is 355 g/mol. The molecule has 1 amide bonds. The number of carbonyl (C=O) groups excluding carboxylic acids is 1. The molecule has 134 valence electrons. The molecule has 24 heavy (non-hydrogen) atoms. The van der Waals surface area contributed by atoms with Crippen LogP contribution in [0.2, 0.25) is 0 Å². The number of nitrogens with zero attached hydrogens (tertiary/aromatic N) is 1. The maximum Gasteiger partial charge on any atom is 0.254 e. The maximum absolute atomic E-state index is 12.8. The van der Waals surface area contributed by atoms with Gasteiger partial charge in [-0.15, -0.1) is 0 Å². The summed E-state index contributed by atoms with van der Waals surface area (Å²) < 4.78 is 31.8. The van der Waals surface area contributed by atoms with Crippen LogP contribution in [0.1, 0.15) is 24.2 Å². The van der Waals surface area contributed by atoms with Crippen molar-refractivity contribution in [3.8, 4) is 0 Å². The molecule has 1 aliphatic rings. The van der Waals surface area contributed by atoms with E-state index in [4.69, 9.17) is 4.74 Å². The van der Waals surface area contributed by atoms with Crippen molar-refractivity contribution in [2.45, 2.75) is 30.8 Å². The van der Waals surface area contributed by atoms with Gasteiger partial charge in [0.05, 0.1) is 11.5 Å². The zero-order valence-corrected chi connectivity index (χ0v) is 15.1. The third kappa shape index (κ3) is 4.32. The Hall–Kier alpha value is -1.48. The molecule has 2 unspecified atom stereocenters. The van der Waals surface area contributed by atoms with E-state index < -0.39 is 10.0 Å². The van der Waals surface area contributed by atoms with E-state index in [0.29, 0.717) is 12.1 Å². The number of carbonyl (C=O) groups is 1. The van der Waals surface area contributed by atoms with E-state index in [2.05, 4.69) is 10.0 Å².